The summed E-state index contributed by atoms with van der Waals surface area (Å²) in [5, 5.41) is 16.0. The Morgan fingerprint density at radius 3 is 2.84 bits per heavy atom. The second kappa shape index (κ2) is 7.57. The number of carbonyl (C=O) groups excluding carboxylic acids is 1. The summed E-state index contributed by atoms with van der Waals surface area (Å²) in [5.41, 5.74) is 2.14. The van der Waals surface area contributed by atoms with E-state index in [-0.39, 0.29) is 5.91 Å². The monoisotopic (exact) mass is 262 g/mol. The molecule has 5 nitrogen and oxygen atoms in total. The van der Waals surface area contributed by atoms with E-state index >= 15 is 0 Å². The second-order valence-corrected chi connectivity index (χ2v) is 4.77. The number of nitriles is 1. The highest BCUT2D eigenvalue weighted by Gasteiger charge is 2.15. The molecule has 0 aliphatic carbocycles. The zero-order valence-corrected chi connectivity index (χ0v) is 11.9. The highest BCUT2D eigenvalue weighted by molar-refractivity contribution is 5.80. The minimum atomic E-state index is -0.515. The molecule has 0 bridgehead atoms. The fourth-order valence-electron chi connectivity index (χ4n) is 2.01. The summed E-state index contributed by atoms with van der Waals surface area (Å²) in [4.78, 5) is 11.7. The van der Waals surface area contributed by atoms with E-state index in [1.807, 2.05) is 37.6 Å². The van der Waals surface area contributed by atoms with Gasteiger partial charge in [-0.15, -0.1) is 0 Å². The van der Waals surface area contributed by atoms with Crippen LogP contribution in [-0.2, 0) is 11.3 Å². The van der Waals surface area contributed by atoms with Gasteiger partial charge in [0, 0.05) is 18.8 Å². The third kappa shape index (κ3) is 4.74. The zero-order chi connectivity index (χ0) is 14.3. The minimum absolute atomic E-state index is 0.155. The molecule has 1 aromatic rings. The van der Waals surface area contributed by atoms with Crippen LogP contribution in [0.3, 0.4) is 0 Å². The maximum Gasteiger partial charge on any atom is 0.237 e. The van der Waals surface area contributed by atoms with Gasteiger partial charge in [-0.05, 0) is 32.8 Å². The Hall–Kier alpha value is -1.83. The van der Waals surface area contributed by atoms with Gasteiger partial charge in [-0.25, -0.2) is 0 Å². The molecule has 0 aromatic carbocycles. The van der Waals surface area contributed by atoms with Crippen molar-refractivity contribution in [2.45, 2.75) is 46.6 Å². The van der Waals surface area contributed by atoms with Crippen LogP contribution in [0.2, 0.25) is 0 Å². The summed E-state index contributed by atoms with van der Waals surface area (Å²) in [6.45, 7) is 7.32. The molecular weight excluding hydrogens is 240 g/mol. The van der Waals surface area contributed by atoms with Gasteiger partial charge < -0.3 is 5.32 Å². The largest absolute Gasteiger partial charge is 0.355 e. The van der Waals surface area contributed by atoms with Gasteiger partial charge in [0.15, 0.2) is 0 Å². The summed E-state index contributed by atoms with van der Waals surface area (Å²) in [7, 11) is 0. The van der Waals surface area contributed by atoms with Crippen molar-refractivity contribution < 1.29 is 4.79 Å². The van der Waals surface area contributed by atoms with Crippen LogP contribution in [0.1, 0.15) is 37.6 Å². The molecule has 0 radical (unpaired) electrons. The van der Waals surface area contributed by atoms with Crippen LogP contribution in [0, 0.1) is 31.1 Å². The third-order valence-corrected chi connectivity index (χ3v) is 3.00. The van der Waals surface area contributed by atoms with Crippen molar-refractivity contribution in [2.24, 2.45) is 5.92 Å². The van der Waals surface area contributed by atoms with E-state index < -0.39 is 5.92 Å². The maximum atomic E-state index is 11.7. The Kier molecular flexibility index (Phi) is 6.07. The van der Waals surface area contributed by atoms with Gasteiger partial charge in [0.2, 0.25) is 5.91 Å². The summed E-state index contributed by atoms with van der Waals surface area (Å²) < 4.78 is 1.94. The number of amides is 1. The summed E-state index contributed by atoms with van der Waals surface area (Å²) in [5.74, 6) is -0.670. The summed E-state index contributed by atoms with van der Waals surface area (Å²) in [6, 6.07) is 4.08. The molecule has 1 aromatic heterocycles. The van der Waals surface area contributed by atoms with E-state index in [9.17, 15) is 4.79 Å². The number of hydrogen-bond acceptors (Lipinski definition) is 3. The molecule has 1 heterocycles. The van der Waals surface area contributed by atoms with Gasteiger partial charge in [-0.3, -0.25) is 9.48 Å². The standard InChI is InChI=1S/C14H22N4O/c1-4-6-13(10-15)14(19)16-7-5-8-18-12(3)9-11(2)17-18/h9,13H,4-8H2,1-3H3,(H,16,19). The Morgan fingerprint density at radius 1 is 1.58 bits per heavy atom. The molecule has 1 amide bonds. The number of rotatable bonds is 7. The van der Waals surface area contributed by atoms with Crippen LogP contribution in [0.5, 0.6) is 0 Å². The number of aryl methyl sites for hydroxylation is 3. The number of aromatic nitrogens is 2. The zero-order valence-electron chi connectivity index (χ0n) is 11.9. The van der Waals surface area contributed by atoms with Gasteiger partial charge >= 0.3 is 0 Å². The first-order valence-corrected chi connectivity index (χ1v) is 6.76. The first-order chi connectivity index (χ1) is 9.08. The van der Waals surface area contributed by atoms with Crippen LogP contribution >= 0.6 is 0 Å². The molecule has 0 saturated carbocycles. The van der Waals surface area contributed by atoms with Crippen LogP contribution < -0.4 is 5.32 Å². The minimum Gasteiger partial charge on any atom is -0.355 e. The van der Waals surface area contributed by atoms with Crippen LogP contribution in [0.25, 0.3) is 0 Å². The predicted molar refractivity (Wildman–Crippen MR) is 73.3 cm³/mol. The molecule has 104 valence electrons. The lowest BCUT2D eigenvalue weighted by Gasteiger charge is -2.09. The number of nitrogens with zero attached hydrogens (tertiary/aromatic N) is 3. The predicted octanol–water partition coefficient (Wildman–Crippen LogP) is 1.95. The second-order valence-electron chi connectivity index (χ2n) is 4.77. The average molecular weight is 262 g/mol. The van der Waals surface area contributed by atoms with Crippen molar-refractivity contribution in [3.05, 3.63) is 17.5 Å². The van der Waals surface area contributed by atoms with Crippen molar-refractivity contribution in [3.63, 3.8) is 0 Å². The van der Waals surface area contributed by atoms with Crippen molar-refractivity contribution in [3.8, 4) is 6.07 Å². The van der Waals surface area contributed by atoms with E-state index in [1.54, 1.807) is 0 Å². The highest BCUT2D eigenvalue weighted by atomic mass is 16.1. The Bertz CT molecular complexity index is 459. The van der Waals surface area contributed by atoms with Gasteiger partial charge in [0.05, 0.1) is 11.8 Å². The van der Waals surface area contributed by atoms with Gasteiger partial charge in [0.25, 0.3) is 0 Å². The van der Waals surface area contributed by atoms with E-state index in [2.05, 4.69) is 10.4 Å². The van der Waals surface area contributed by atoms with Crippen molar-refractivity contribution in [1.82, 2.24) is 15.1 Å². The molecule has 1 unspecified atom stereocenters. The van der Waals surface area contributed by atoms with Crippen LogP contribution in [-0.4, -0.2) is 22.2 Å². The average Bonchev–Trinajstić information content (AvgIpc) is 2.70. The Balaban J connectivity index is 2.29. The Labute approximate surface area is 114 Å². The molecule has 1 rings (SSSR count). The summed E-state index contributed by atoms with van der Waals surface area (Å²) in [6.07, 6.45) is 2.29. The number of carbonyl (C=O) groups is 1. The Morgan fingerprint density at radius 2 is 2.32 bits per heavy atom. The van der Waals surface area contributed by atoms with E-state index in [4.69, 9.17) is 5.26 Å². The van der Waals surface area contributed by atoms with E-state index in [0.717, 1.165) is 30.8 Å². The molecule has 5 heteroatoms. The lowest BCUT2D eigenvalue weighted by Crippen LogP contribution is -2.31. The quantitative estimate of drug-likeness (QED) is 0.763. The normalized spacial score (nSPS) is 11.9. The molecule has 0 saturated heterocycles. The first kappa shape index (κ1) is 15.2. The van der Waals surface area contributed by atoms with Crippen molar-refractivity contribution in [1.29, 1.82) is 5.26 Å². The van der Waals surface area contributed by atoms with Gasteiger partial charge in [0.1, 0.15) is 5.92 Å². The van der Waals surface area contributed by atoms with Crippen molar-refractivity contribution in [2.75, 3.05) is 6.54 Å². The van der Waals surface area contributed by atoms with Gasteiger partial charge in [-0.1, -0.05) is 13.3 Å². The number of hydrogen-bond donors (Lipinski definition) is 1. The molecule has 0 aliphatic heterocycles. The fraction of sp³-hybridized carbons (Fsp3) is 0.643. The molecule has 1 atom stereocenters. The lowest BCUT2D eigenvalue weighted by atomic mass is 10.1. The van der Waals surface area contributed by atoms with Crippen molar-refractivity contribution >= 4 is 5.91 Å². The highest BCUT2D eigenvalue weighted by Crippen LogP contribution is 2.05. The molecular formula is C14H22N4O. The molecule has 0 fully saturated rings. The summed E-state index contributed by atoms with van der Waals surface area (Å²) >= 11 is 0. The maximum absolute atomic E-state index is 11.7. The van der Waals surface area contributed by atoms with Crippen LogP contribution in [0.4, 0.5) is 0 Å². The molecule has 0 spiro atoms. The van der Waals surface area contributed by atoms with Gasteiger partial charge in [-0.2, -0.15) is 10.4 Å². The topological polar surface area (TPSA) is 70.7 Å². The molecule has 0 aliphatic rings. The van der Waals surface area contributed by atoms with E-state index in [1.165, 1.54) is 0 Å². The molecule has 19 heavy (non-hydrogen) atoms. The van der Waals surface area contributed by atoms with Crippen LogP contribution in [0.15, 0.2) is 6.07 Å². The smallest absolute Gasteiger partial charge is 0.237 e. The lowest BCUT2D eigenvalue weighted by molar-refractivity contribution is -0.123. The third-order valence-electron chi connectivity index (χ3n) is 3.00. The number of nitrogens with one attached hydrogen (secondary N) is 1. The first-order valence-electron chi connectivity index (χ1n) is 6.76. The fourth-order valence-corrected chi connectivity index (χ4v) is 2.01. The molecule has 1 N–H and O–H groups in total. The SMILES string of the molecule is CCCC(C#N)C(=O)NCCCn1nc(C)cc1C. The van der Waals surface area contributed by atoms with E-state index in [0.29, 0.717) is 13.0 Å².